The van der Waals surface area contributed by atoms with Gasteiger partial charge in [-0.15, -0.1) is 0 Å². The first-order valence-electron chi connectivity index (χ1n) is 6.07. The Morgan fingerprint density at radius 2 is 2.22 bits per heavy atom. The lowest BCUT2D eigenvalue weighted by Gasteiger charge is -2.23. The SMILES string of the molecule is CCN(NC(=O)OC(C)(C)C)c1nc[n+](CC)[nH]1. The zero-order valence-corrected chi connectivity index (χ0v) is 11.6. The summed E-state index contributed by atoms with van der Waals surface area (Å²) in [5.41, 5.74) is 2.12. The van der Waals surface area contributed by atoms with Crippen molar-refractivity contribution in [3.8, 4) is 0 Å². The number of amides is 1. The highest BCUT2D eigenvalue weighted by Crippen LogP contribution is 2.07. The Balaban J connectivity index is 2.64. The molecule has 1 rings (SSSR count). The fourth-order valence-corrected chi connectivity index (χ4v) is 1.29. The molecule has 0 unspecified atom stereocenters. The van der Waals surface area contributed by atoms with E-state index >= 15 is 0 Å². The first-order valence-corrected chi connectivity index (χ1v) is 6.07. The van der Waals surface area contributed by atoms with E-state index in [4.69, 9.17) is 4.74 Å². The average molecular weight is 256 g/mol. The molecule has 0 aliphatic heterocycles. The van der Waals surface area contributed by atoms with Crippen molar-refractivity contribution >= 4 is 12.0 Å². The minimum absolute atomic E-state index is 0.496. The standard InChI is InChI=1S/C11H21N5O2/c1-6-15-8-12-9(13-15)16(7-2)14-10(17)18-11(3,4)5/h8H,6-7H2,1-5H3,(H,14,17)/p+1. The highest BCUT2D eigenvalue weighted by atomic mass is 16.6. The van der Waals surface area contributed by atoms with Gasteiger partial charge in [0.1, 0.15) is 12.1 Å². The van der Waals surface area contributed by atoms with Gasteiger partial charge in [-0.2, -0.15) is 9.78 Å². The molecule has 0 bridgehead atoms. The highest BCUT2D eigenvalue weighted by molar-refractivity contribution is 5.69. The van der Waals surface area contributed by atoms with E-state index in [0.717, 1.165) is 6.54 Å². The number of aryl methyl sites for hydroxylation is 1. The Morgan fingerprint density at radius 3 is 2.67 bits per heavy atom. The van der Waals surface area contributed by atoms with Gasteiger partial charge in [-0.05, 0) is 39.6 Å². The number of hydrogen-bond donors (Lipinski definition) is 2. The maximum absolute atomic E-state index is 11.7. The third-order valence-corrected chi connectivity index (χ3v) is 2.10. The van der Waals surface area contributed by atoms with E-state index in [1.807, 2.05) is 39.3 Å². The third kappa shape index (κ3) is 4.23. The van der Waals surface area contributed by atoms with Gasteiger partial charge >= 0.3 is 18.4 Å². The number of carbonyl (C=O) groups is 1. The molecule has 0 aliphatic carbocycles. The van der Waals surface area contributed by atoms with Crippen molar-refractivity contribution in [1.29, 1.82) is 0 Å². The first kappa shape index (κ1) is 14.3. The summed E-state index contributed by atoms with van der Waals surface area (Å²) < 4.78 is 7.00. The monoisotopic (exact) mass is 256 g/mol. The topological polar surface area (TPSA) is 74.1 Å². The average Bonchev–Trinajstić information content (AvgIpc) is 2.71. The quantitative estimate of drug-likeness (QED) is 0.622. The van der Waals surface area contributed by atoms with Crippen molar-refractivity contribution in [2.24, 2.45) is 0 Å². The molecule has 0 atom stereocenters. The van der Waals surface area contributed by atoms with Gasteiger partial charge in [0.25, 0.3) is 0 Å². The van der Waals surface area contributed by atoms with Crippen LogP contribution in [0.1, 0.15) is 34.6 Å². The smallest absolute Gasteiger partial charge is 0.426 e. The zero-order valence-electron chi connectivity index (χ0n) is 11.6. The molecule has 1 heterocycles. The van der Waals surface area contributed by atoms with E-state index in [2.05, 4.69) is 15.5 Å². The summed E-state index contributed by atoms with van der Waals surface area (Å²) in [4.78, 5) is 15.8. The molecule has 0 spiro atoms. The van der Waals surface area contributed by atoms with Crippen LogP contribution in [-0.2, 0) is 11.3 Å². The van der Waals surface area contributed by atoms with Crippen LogP contribution in [0.4, 0.5) is 10.7 Å². The largest absolute Gasteiger partial charge is 0.443 e. The van der Waals surface area contributed by atoms with Crippen molar-refractivity contribution in [1.82, 2.24) is 15.5 Å². The zero-order chi connectivity index (χ0) is 13.8. The highest BCUT2D eigenvalue weighted by Gasteiger charge is 2.21. The van der Waals surface area contributed by atoms with Gasteiger partial charge in [0.2, 0.25) is 0 Å². The second kappa shape index (κ2) is 5.70. The number of hydrazine groups is 1. The van der Waals surface area contributed by atoms with Crippen LogP contribution in [0.15, 0.2) is 6.33 Å². The number of carbonyl (C=O) groups excluding carboxylic acids is 1. The van der Waals surface area contributed by atoms with Crippen molar-refractivity contribution in [2.75, 3.05) is 11.6 Å². The molecule has 1 aromatic rings. The van der Waals surface area contributed by atoms with Crippen LogP contribution in [0.2, 0.25) is 0 Å². The predicted octanol–water partition coefficient (Wildman–Crippen LogP) is 0.983. The van der Waals surface area contributed by atoms with E-state index in [1.165, 1.54) is 0 Å². The Labute approximate surface area is 107 Å². The van der Waals surface area contributed by atoms with E-state index in [0.29, 0.717) is 12.5 Å². The molecule has 2 N–H and O–H groups in total. The van der Waals surface area contributed by atoms with E-state index in [1.54, 1.807) is 11.3 Å². The van der Waals surface area contributed by atoms with Crippen LogP contribution >= 0.6 is 0 Å². The van der Waals surface area contributed by atoms with Crippen LogP contribution in [-0.4, -0.2) is 28.3 Å². The summed E-state index contributed by atoms with van der Waals surface area (Å²) in [6, 6.07) is 0. The van der Waals surface area contributed by atoms with Crippen LogP contribution in [0.25, 0.3) is 0 Å². The Kier molecular flexibility index (Phi) is 4.52. The molecule has 18 heavy (non-hydrogen) atoms. The summed E-state index contributed by atoms with van der Waals surface area (Å²) in [6.07, 6.45) is 1.18. The maximum atomic E-state index is 11.7. The lowest BCUT2D eigenvalue weighted by molar-refractivity contribution is -0.747. The molecule has 0 saturated heterocycles. The number of nitrogens with zero attached hydrogens (tertiary/aromatic N) is 3. The summed E-state index contributed by atoms with van der Waals surface area (Å²) in [7, 11) is 0. The van der Waals surface area contributed by atoms with Gasteiger partial charge in [-0.3, -0.25) is 0 Å². The minimum atomic E-state index is -0.518. The molecule has 7 nitrogen and oxygen atoms in total. The number of H-pyrrole nitrogens is 1. The predicted molar refractivity (Wildman–Crippen MR) is 66.8 cm³/mol. The van der Waals surface area contributed by atoms with Crippen LogP contribution < -0.4 is 15.1 Å². The van der Waals surface area contributed by atoms with Gasteiger partial charge in [-0.25, -0.2) is 15.2 Å². The van der Waals surface area contributed by atoms with Crippen molar-refractivity contribution < 1.29 is 14.2 Å². The molecule has 0 aromatic carbocycles. The number of anilines is 1. The molecule has 1 aromatic heterocycles. The van der Waals surface area contributed by atoms with Crippen molar-refractivity contribution in [3.05, 3.63) is 6.33 Å². The number of aromatic nitrogens is 3. The second-order valence-electron chi connectivity index (χ2n) is 4.82. The molecular weight excluding hydrogens is 234 g/mol. The van der Waals surface area contributed by atoms with E-state index in [-0.39, 0.29) is 0 Å². The summed E-state index contributed by atoms with van der Waals surface area (Å²) in [5.74, 6) is 0.574. The van der Waals surface area contributed by atoms with Crippen LogP contribution in [0, 0.1) is 0 Å². The maximum Gasteiger partial charge on any atom is 0.426 e. The number of nitrogens with one attached hydrogen (secondary N) is 2. The number of hydrogen-bond acceptors (Lipinski definition) is 4. The van der Waals surface area contributed by atoms with Crippen molar-refractivity contribution in [2.45, 2.75) is 46.8 Å². The molecule has 7 heteroatoms. The fraction of sp³-hybridized carbons (Fsp3) is 0.727. The minimum Gasteiger partial charge on any atom is -0.443 e. The number of rotatable bonds is 4. The lowest BCUT2D eigenvalue weighted by Crippen LogP contribution is -2.46. The Bertz CT molecular complexity index is 396. The molecular formula is C11H22N5O2+. The molecule has 102 valence electrons. The third-order valence-electron chi connectivity index (χ3n) is 2.10. The van der Waals surface area contributed by atoms with Gasteiger partial charge in [-0.1, -0.05) is 0 Å². The molecule has 1 amide bonds. The number of ether oxygens (including phenoxy) is 1. The van der Waals surface area contributed by atoms with E-state index in [9.17, 15) is 4.79 Å². The van der Waals surface area contributed by atoms with E-state index < -0.39 is 11.7 Å². The Hall–Kier alpha value is -1.79. The van der Waals surface area contributed by atoms with Crippen LogP contribution in [0.3, 0.4) is 0 Å². The summed E-state index contributed by atoms with van der Waals surface area (Å²) in [6.45, 7) is 10.7. The second-order valence-corrected chi connectivity index (χ2v) is 4.82. The summed E-state index contributed by atoms with van der Waals surface area (Å²) >= 11 is 0. The van der Waals surface area contributed by atoms with Gasteiger partial charge in [0, 0.05) is 6.54 Å². The van der Waals surface area contributed by atoms with Gasteiger partial charge < -0.3 is 4.74 Å². The number of aromatic amines is 1. The van der Waals surface area contributed by atoms with Gasteiger partial charge in [0.05, 0.1) is 0 Å². The molecule has 0 fully saturated rings. The normalized spacial score (nSPS) is 11.2. The fourth-order valence-electron chi connectivity index (χ4n) is 1.29. The van der Waals surface area contributed by atoms with Gasteiger partial charge in [0.15, 0.2) is 0 Å². The lowest BCUT2D eigenvalue weighted by atomic mass is 10.2. The molecule has 0 radical (unpaired) electrons. The van der Waals surface area contributed by atoms with Crippen molar-refractivity contribution in [3.63, 3.8) is 0 Å². The Morgan fingerprint density at radius 1 is 1.56 bits per heavy atom. The molecule has 0 saturated carbocycles. The first-order chi connectivity index (χ1) is 8.35. The molecule has 0 aliphatic rings. The summed E-state index contributed by atoms with van der Waals surface area (Å²) in [5, 5.41) is 4.64. The van der Waals surface area contributed by atoms with Crippen LogP contribution in [0.5, 0.6) is 0 Å².